The lowest BCUT2D eigenvalue weighted by atomic mass is 9.98. The van der Waals surface area contributed by atoms with Crippen molar-refractivity contribution in [2.45, 2.75) is 38.8 Å². The van der Waals surface area contributed by atoms with Crippen molar-refractivity contribution < 1.29 is 14.3 Å². The average Bonchev–Trinajstić information content (AvgIpc) is 3.53. The number of carbonyl (C=O) groups excluding carboxylic acids is 2. The molecule has 0 saturated heterocycles. The van der Waals surface area contributed by atoms with Gasteiger partial charge in [-0.3, -0.25) is 4.79 Å². The number of hydrogen-bond acceptors (Lipinski definition) is 7. The van der Waals surface area contributed by atoms with Crippen molar-refractivity contribution in [3.63, 3.8) is 0 Å². The molecule has 9 nitrogen and oxygen atoms in total. The van der Waals surface area contributed by atoms with Gasteiger partial charge in [-0.1, -0.05) is 97.1 Å². The number of amides is 2. The van der Waals surface area contributed by atoms with Crippen LogP contribution in [0.2, 0.25) is 0 Å². The van der Waals surface area contributed by atoms with E-state index in [0.717, 1.165) is 40.2 Å². The summed E-state index contributed by atoms with van der Waals surface area (Å²) in [7, 11) is 0. The van der Waals surface area contributed by atoms with Crippen LogP contribution in [-0.2, 0) is 35.5 Å². The van der Waals surface area contributed by atoms with Gasteiger partial charge in [0.25, 0.3) is 0 Å². The van der Waals surface area contributed by atoms with Crippen LogP contribution in [-0.4, -0.2) is 41.5 Å². The second-order valence-corrected chi connectivity index (χ2v) is 14.1. The number of anilines is 4. The van der Waals surface area contributed by atoms with E-state index >= 15 is 0 Å². The normalized spacial score (nSPS) is 11.4. The molecule has 0 heterocycles. The molecule has 0 radical (unpaired) electrons. The summed E-state index contributed by atoms with van der Waals surface area (Å²) in [6.45, 7) is 4.17. The third kappa shape index (κ3) is 10.5. The molecule has 0 saturated carbocycles. The number of hydrogen-bond donors (Lipinski definition) is 4. The van der Waals surface area contributed by atoms with E-state index < -0.39 is 0 Å². The summed E-state index contributed by atoms with van der Waals surface area (Å²) in [6.07, 6.45) is 1.20. The van der Waals surface area contributed by atoms with Gasteiger partial charge in [0.05, 0.1) is 0 Å². The van der Waals surface area contributed by atoms with Crippen LogP contribution in [0.3, 0.4) is 0 Å². The van der Waals surface area contributed by atoms with E-state index in [9.17, 15) is 9.59 Å². The first-order chi connectivity index (χ1) is 27.1. The van der Waals surface area contributed by atoms with Crippen molar-refractivity contribution in [1.82, 2.24) is 9.80 Å². The molecule has 2 amide bonds. The van der Waals surface area contributed by atoms with Gasteiger partial charge in [-0.25, -0.2) is 4.79 Å². The molecule has 0 aromatic heterocycles. The zero-order valence-corrected chi connectivity index (χ0v) is 31.8. The number of carbonyl (C=O) groups is 2. The molecule has 8 N–H and O–H groups in total. The first kappa shape index (κ1) is 39.0. The first-order valence-electron chi connectivity index (χ1n) is 18.9. The minimum absolute atomic E-state index is 0.0295. The molecule has 56 heavy (non-hydrogen) atoms. The lowest BCUT2D eigenvalue weighted by Gasteiger charge is -2.24. The SMILES string of the molecule is CC(=O)N(CCc1ccc(N)cc1)Cc1ccc(N)cc1.Nc1ccc(CCN(Cc2ccc(N)cc2)C(=O)OCC2c3ccccc3-c3ccccc32)cc1. The van der Waals surface area contributed by atoms with Crippen LogP contribution >= 0.6 is 0 Å². The van der Waals surface area contributed by atoms with Gasteiger partial charge in [0.1, 0.15) is 6.61 Å². The predicted molar refractivity (Wildman–Crippen MR) is 227 cm³/mol. The Morgan fingerprint density at radius 1 is 0.500 bits per heavy atom. The van der Waals surface area contributed by atoms with Crippen molar-refractivity contribution in [3.8, 4) is 11.1 Å². The highest BCUT2D eigenvalue weighted by Gasteiger charge is 2.29. The quantitative estimate of drug-likeness (QED) is 0.0919. The minimum Gasteiger partial charge on any atom is -0.448 e. The molecule has 0 aliphatic heterocycles. The molecule has 1 aliphatic carbocycles. The van der Waals surface area contributed by atoms with Crippen LogP contribution < -0.4 is 22.9 Å². The lowest BCUT2D eigenvalue weighted by molar-refractivity contribution is -0.129. The Bertz CT molecular complexity index is 2160. The maximum absolute atomic E-state index is 13.3. The van der Waals surface area contributed by atoms with Crippen molar-refractivity contribution >= 4 is 34.7 Å². The van der Waals surface area contributed by atoms with E-state index in [1.165, 1.54) is 27.8 Å². The van der Waals surface area contributed by atoms with Gasteiger partial charge in [-0.05, 0) is 106 Å². The first-order valence-corrected chi connectivity index (χ1v) is 18.9. The minimum atomic E-state index is -0.320. The maximum Gasteiger partial charge on any atom is 0.410 e. The number of nitrogens with zero attached hydrogens (tertiary/aromatic N) is 2. The van der Waals surface area contributed by atoms with Gasteiger partial charge >= 0.3 is 6.09 Å². The van der Waals surface area contributed by atoms with Gasteiger partial charge in [0.2, 0.25) is 5.91 Å². The van der Waals surface area contributed by atoms with E-state index in [0.29, 0.717) is 44.9 Å². The maximum atomic E-state index is 13.3. The van der Waals surface area contributed by atoms with Crippen LogP contribution in [0.5, 0.6) is 0 Å². The van der Waals surface area contributed by atoms with Gasteiger partial charge in [-0.2, -0.15) is 0 Å². The van der Waals surface area contributed by atoms with Crippen molar-refractivity contribution in [2.24, 2.45) is 0 Å². The zero-order chi connectivity index (χ0) is 39.4. The summed E-state index contributed by atoms with van der Waals surface area (Å²) in [5, 5.41) is 0. The van der Waals surface area contributed by atoms with Gasteiger partial charge in [-0.15, -0.1) is 0 Å². The number of nitrogens with two attached hydrogens (primary N) is 4. The second-order valence-electron chi connectivity index (χ2n) is 14.1. The molecule has 9 heteroatoms. The van der Waals surface area contributed by atoms with Crippen molar-refractivity contribution in [1.29, 1.82) is 0 Å². The molecular weight excluding hydrogens is 697 g/mol. The third-order valence-corrected chi connectivity index (χ3v) is 10.0. The molecule has 0 bridgehead atoms. The van der Waals surface area contributed by atoms with Crippen molar-refractivity contribution in [2.75, 3.05) is 42.6 Å². The van der Waals surface area contributed by atoms with Crippen LogP contribution in [0.25, 0.3) is 11.1 Å². The number of rotatable bonds is 12. The summed E-state index contributed by atoms with van der Waals surface area (Å²) >= 11 is 0. The van der Waals surface area contributed by atoms with Crippen LogP contribution in [0.4, 0.5) is 27.5 Å². The molecule has 0 fully saturated rings. The Hall–Kier alpha value is -6.74. The summed E-state index contributed by atoms with van der Waals surface area (Å²) in [4.78, 5) is 28.7. The number of ether oxygens (including phenoxy) is 1. The van der Waals surface area contributed by atoms with Gasteiger partial charge in [0, 0.05) is 61.8 Å². The molecule has 7 rings (SSSR count). The molecule has 286 valence electrons. The number of nitrogen functional groups attached to an aromatic ring is 4. The summed E-state index contributed by atoms with van der Waals surface area (Å²) in [6, 6.07) is 47.4. The number of benzene rings is 6. The van der Waals surface area contributed by atoms with Crippen molar-refractivity contribution in [3.05, 3.63) is 179 Å². The molecule has 0 atom stereocenters. The zero-order valence-electron chi connectivity index (χ0n) is 31.8. The van der Waals surface area contributed by atoms with Crippen LogP contribution in [0, 0.1) is 0 Å². The third-order valence-electron chi connectivity index (χ3n) is 10.0. The van der Waals surface area contributed by atoms with E-state index in [-0.39, 0.29) is 17.9 Å². The van der Waals surface area contributed by atoms with E-state index in [1.54, 1.807) is 11.8 Å². The molecule has 0 unspecified atom stereocenters. The summed E-state index contributed by atoms with van der Waals surface area (Å²) in [5.41, 5.74) is 35.1. The molecule has 0 spiro atoms. The fourth-order valence-corrected chi connectivity index (χ4v) is 6.85. The standard InChI is InChI=1S/C30H29N3O2.C17H21N3O/c31-23-13-9-21(10-14-23)17-18-33(19-22-11-15-24(32)16-12-22)30(34)35-20-29-27-7-3-1-5-25(27)26-6-2-4-8-28(26)29;1-13(21)20(12-15-4-8-17(19)9-5-15)11-10-14-2-6-16(18)7-3-14/h1-16,29H,17-20,31-32H2;2-9H,10-12,18-19H2,1H3. The number of fused-ring (bicyclic) bond motifs is 3. The smallest absolute Gasteiger partial charge is 0.410 e. The molecule has 6 aromatic rings. The van der Waals surface area contributed by atoms with Crippen LogP contribution in [0.1, 0.15) is 46.2 Å². The Kier molecular flexibility index (Phi) is 12.9. The Balaban J connectivity index is 0.000000217. The fraction of sp³-hybridized carbons (Fsp3) is 0.191. The molecular formula is C47H50N6O3. The second kappa shape index (κ2) is 18.5. The van der Waals surface area contributed by atoms with E-state index in [1.807, 2.05) is 114 Å². The van der Waals surface area contributed by atoms with E-state index in [4.69, 9.17) is 27.7 Å². The van der Waals surface area contributed by atoms with Gasteiger partial charge < -0.3 is 37.5 Å². The monoisotopic (exact) mass is 746 g/mol. The van der Waals surface area contributed by atoms with E-state index in [2.05, 4.69) is 36.4 Å². The van der Waals surface area contributed by atoms with Crippen LogP contribution in [0.15, 0.2) is 146 Å². The van der Waals surface area contributed by atoms with Gasteiger partial charge in [0.15, 0.2) is 0 Å². The predicted octanol–water partition coefficient (Wildman–Crippen LogP) is 8.29. The topological polar surface area (TPSA) is 154 Å². The fourth-order valence-electron chi connectivity index (χ4n) is 6.85. The molecule has 1 aliphatic rings. The largest absolute Gasteiger partial charge is 0.448 e. The summed E-state index contributed by atoms with van der Waals surface area (Å²) < 4.78 is 5.95. The summed E-state index contributed by atoms with van der Waals surface area (Å²) in [5.74, 6) is 0.101. The average molecular weight is 747 g/mol. The Morgan fingerprint density at radius 2 is 0.857 bits per heavy atom. The molecule has 6 aromatic carbocycles. The highest BCUT2D eigenvalue weighted by Crippen LogP contribution is 2.44. The lowest BCUT2D eigenvalue weighted by Crippen LogP contribution is -2.34. The highest BCUT2D eigenvalue weighted by atomic mass is 16.6. The Morgan fingerprint density at radius 3 is 1.27 bits per heavy atom. The highest BCUT2D eigenvalue weighted by molar-refractivity contribution is 5.79. The Labute approximate surface area is 329 Å².